The fourth-order valence-corrected chi connectivity index (χ4v) is 3.64. The molecule has 2 amide bonds. The molecule has 0 radical (unpaired) electrons. The first kappa shape index (κ1) is 14.3. The maximum Gasteiger partial charge on any atom is 0.233 e. The monoisotopic (exact) mass is 286 g/mol. The Morgan fingerprint density at radius 2 is 1.76 bits per heavy atom. The summed E-state index contributed by atoms with van der Waals surface area (Å²) in [4.78, 5) is 26.4. The van der Waals surface area contributed by atoms with Crippen LogP contribution in [0, 0.1) is 11.8 Å². The van der Waals surface area contributed by atoms with Gasteiger partial charge >= 0.3 is 0 Å². The zero-order valence-electron chi connectivity index (χ0n) is 12.4. The highest BCUT2D eigenvalue weighted by atomic mass is 16.2. The van der Waals surface area contributed by atoms with E-state index in [9.17, 15) is 9.59 Å². The average molecular weight is 286 g/mol. The highest BCUT2D eigenvalue weighted by Gasteiger charge is 2.49. The molecular formula is C17H22N2O2. The average Bonchev–Trinajstić information content (AvgIpc) is 3.07. The fraction of sp³-hybridized carbons (Fsp3) is 0.529. The normalized spacial score (nSPS) is 26.2. The standard InChI is InChI=1S/C17H22N2O2/c1-2-18-15(12-7-4-3-5-8-12)11-19-16(20)13-9-6-10-14(13)17(19)21/h3-5,7-8,13-15,18H,2,6,9-11H2,1H3. The lowest BCUT2D eigenvalue weighted by Gasteiger charge is -2.24. The van der Waals surface area contributed by atoms with Crippen LogP contribution >= 0.6 is 0 Å². The van der Waals surface area contributed by atoms with Crippen LogP contribution in [0.1, 0.15) is 37.8 Å². The SMILES string of the molecule is CCNC(CN1C(=O)C2CCCC2C1=O)c1ccccc1. The first-order chi connectivity index (χ1) is 10.2. The third-order valence-corrected chi connectivity index (χ3v) is 4.70. The van der Waals surface area contributed by atoms with E-state index >= 15 is 0 Å². The predicted octanol–water partition coefficient (Wildman–Crippen LogP) is 2.12. The van der Waals surface area contributed by atoms with Gasteiger partial charge in [-0.2, -0.15) is 0 Å². The number of likely N-dealkylation sites (tertiary alicyclic amines) is 1. The molecule has 1 aromatic rings. The molecule has 1 aliphatic carbocycles. The third kappa shape index (κ3) is 2.60. The van der Waals surface area contributed by atoms with E-state index in [1.165, 1.54) is 4.90 Å². The Morgan fingerprint density at radius 3 is 2.33 bits per heavy atom. The molecular weight excluding hydrogens is 264 g/mol. The molecule has 3 atom stereocenters. The van der Waals surface area contributed by atoms with Gasteiger partial charge in [0.25, 0.3) is 0 Å². The van der Waals surface area contributed by atoms with E-state index < -0.39 is 0 Å². The van der Waals surface area contributed by atoms with Gasteiger partial charge in [0.2, 0.25) is 11.8 Å². The van der Waals surface area contributed by atoms with Crippen molar-refractivity contribution in [1.29, 1.82) is 0 Å². The molecule has 4 nitrogen and oxygen atoms in total. The molecule has 1 N–H and O–H groups in total. The first-order valence-corrected chi connectivity index (χ1v) is 7.86. The van der Waals surface area contributed by atoms with Crippen molar-refractivity contribution >= 4 is 11.8 Å². The van der Waals surface area contributed by atoms with Crippen molar-refractivity contribution in [2.24, 2.45) is 11.8 Å². The van der Waals surface area contributed by atoms with Crippen molar-refractivity contribution in [1.82, 2.24) is 10.2 Å². The number of carbonyl (C=O) groups excluding carboxylic acids is 2. The molecule has 1 heterocycles. The molecule has 0 spiro atoms. The molecule has 3 unspecified atom stereocenters. The van der Waals surface area contributed by atoms with Gasteiger partial charge in [-0.25, -0.2) is 0 Å². The number of hydrogen-bond donors (Lipinski definition) is 1. The maximum atomic E-state index is 12.4. The molecule has 1 saturated heterocycles. The summed E-state index contributed by atoms with van der Waals surface area (Å²) >= 11 is 0. The van der Waals surface area contributed by atoms with E-state index in [1.54, 1.807) is 0 Å². The molecule has 4 heteroatoms. The van der Waals surface area contributed by atoms with E-state index in [4.69, 9.17) is 0 Å². The largest absolute Gasteiger partial charge is 0.309 e. The van der Waals surface area contributed by atoms with Crippen LogP contribution < -0.4 is 5.32 Å². The zero-order valence-corrected chi connectivity index (χ0v) is 12.4. The summed E-state index contributed by atoms with van der Waals surface area (Å²) in [5.74, 6) is -0.00577. The van der Waals surface area contributed by atoms with Crippen LogP contribution in [0.3, 0.4) is 0 Å². The Balaban J connectivity index is 1.77. The van der Waals surface area contributed by atoms with Crippen molar-refractivity contribution in [2.45, 2.75) is 32.2 Å². The van der Waals surface area contributed by atoms with Gasteiger partial charge in [-0.3, -0.25) is 14.5 Å². The van der Waals surface area contributed by atoms with E-state index in [-0.39, 0.29) is 29.7 Å². The molecule has 0 bridgehead atoms. The Bertz CT molecular complexity index is 507. The molecule has 112 valence electrons. The van der Waals surface area contributed by atoms with Crippen molar-refractivity contribution in [2.75, 3.05) is 13.1 Å². The summed E-state index contributed by atoms with van der Waals surface area (Å²) in [5, 5.41) is 3.39. The number of amides is 2. The Labute approximate surface area is 125 Å². The van der Waals surface area contributed by atoms with Gasteiger partial charge in [-0.1, -0.05) is 43.7 Å². The summed E-state index contributed by atoms with van der Waals surface area (Å²) in [6.07, 6.45) is 2.77. The van der Waals surface area contributed by atoms with Crippen LogP contribution in [-0.4, -0.2) is 29.8 Å². The number of hydrogen-bond acceptors (Lipinski definition) is 3. The summed E-state index contributed by atoms with van der Waals surface area (Å²) < 4.78 is 0. The van der Waals surface area contributed by atoms with E-state index in [0.29, 0.717) is 6.54 Å². The fourth-order valence-electron chi connectivity index (χ4n) is 3.64. The second-order valence-electron chi connectivity index (χ2n) is 5.95. The zero-order chi connectivity index (χ0) is 14.8. The summed E-state index contributed by atoms with van der Waals surface area (Å²) in [5.41, 5.74) is 1.12. The number of benzene rings is 1. The van der Waals surface area contributed by atoms with Gasteiger partial charge in [0.05, 0.1) is 17.9 Å². The lowest BCUT2D eigenvalue weighted by molar-refractivity contribution is -0.140. The third-order valence-electron chi connectivity index (χ3n) is 4.70. The molecule has 1 saturated carbocycles. The summed E-state index contributed by atoms with van der Waals surface area (Å²) in [6, 6.07) is 10.0. The van der Waals surface area contributed by atoms with Crippen LogP contribution in [0.5, 0.6) is 0 Å². The topological polar surface area (TPSA) is 49.4 Å². The van der Waals surface area contributed by atoms with Crippen LogP contribution in [0.4, 0.5) is 0 Å². The lowest BCUT2D eigenvalue weighted by atomic mass is 10.00. The minimum Gasteiger partial charge on any atom is -0.309 e. The Hall–Kier alpha value is -1.68. The van der Waals surface area contributed by atoms with Crippen molar-refractivity contribution in [3.05, 3.63) is 35.9 Å². The molecule has 2 fully saturated rings. The number of rotatable bonds is 5. The molecule has 0 aromatic heterocycles. The highest BCUT2D eigenvalue weighted by molar-refractivity contribution is 6.05. The van der Waals surface area contributed by atoms with Gasteiger partial charge in [-0.15, -0.1) is 0 Å². The van der Waals surface area contributed by atoms with Crippen molar-refractivity contribution in [3.63, 3.8) is 0 Å². The van der Waals surface area contributed by atoms with Gasteiger partial charge in [-0.05, 0) is 24.9 Å². The Kier molecular flexibility index (Phi) is 4.06. The summed E-state index contributed by atoms with van der Waals surface area (Å²) in [6.45, 7) is 3.30. The smallest absolute Gasteiger partial charge is 0.233 e. The van der Waals surface area contributed by atoms with Crippen LogP contribution in [0.15, 0.2) is 30.3 Å². The minimum absolute atomic E-state index is 0.0166. The van der Waals surface area contributed by atoms with Crippen LogP contribution in [0.25, 0.3) is 0 Å². The Morgan fingerprint density at radius 1 is 1.14 bits per heavy atom. The second kappa shape index (κ2) is 5.98. The van der Waals surface area contributed by atoms with Crippen molar-refractivity contribution < 1.29 is 9.59 Å². The molecule has 1 aliphatic heterocycles. The van der Waals surface area contributed by atoms with E-state index in [1.807, 2.05) is 37.3 Å². The van der Waals surface area contributed by atoms with Gasteiger partial charge < -0.3 is 5.32 Å². The number of imide groups is 1. The number of nitrogens with zero attached hydrogens (tertiary/aromatic N) is 1. The lowest BCUT2D eigenvalue weighted by Crippen LogP contribution is -2.39. The highest BCUT2D eigenvalue weighted by Crippen LogP contribution is 2.40. The quantitative estimate of drug-likeness (QED) is 0.844. The second-order valence-corrected chi connectivity index (χ2v) is 5.95. The predicted molar refractivity (Wildman–Crippen MR) is 80.4 cm³/mol. The minimum atomic E-state index is -0.0458. The summed E-state index contributed by atoms with van der Waals surface area (Å²) in [7, 11) is 0. The maximum absolute atomic E-state index is 12.4. The molecule has 2 aliphatic rings. The molecule has 3 rings (SSSR count). The van der Waals surface area contributed by atoms with Crippen molar-refractivity contribution in [3.8, 4) is 0 Å². The number of carbonyl (C=O) groups is 2. The molecule has 21 heavy (non-hydrogen) atoms. The number of likely N-dealkylation sites (N-methyl/N-ethyl adjacent to an activating group) is 1. The van der Waals surface area contributed by atoms with Crippen LogP contribution in [-0.2, 0) is 9.59 Å². The van der Waals surface area contributed by atoms with Gasteiger partial charge in [0.15, 0.2) is 0 Å². The van der Waals surface area contributed by atoms with Gasteiger partial charge in [0, 0.05) is 6.54 Å². The van der Waals surface area contributed by atoms with Crippen LogP contribution in [0.2, 0.25) is 0 Å². The van der Waals surface area contributed by atoms with E-state index in [0.717, 1.165) is 31.4 Å². The molecule has 1 aromatic carbocycles. The first-order valence-electron chi connectivity index (χ1n) is 7.86. The van der Waals surface area contributed by atoms with Gasteiger partial charge in [0.1, 0.15) is 0 Å². The number of nitrogens with one attached hydrogen (secondary N) is 1. The number of fused-ring (bicyclic) bond motifs is 1. The van der Waals surface area contributed by atoms with E-state index in [2.05, 4.69) is 5.32 Å².